The van der Waals surface area contributed by atoms with E-state index in [-0.39, 0.29) is 23.5 Å². The molecule has 1 aromatic carbocycles. The molecule has 2 aromatic heterocycles. The summed E-state index contributed by atoms with van der Waals surface area (Å²) in [5, 5.41) is 5.48. The average Bonchev–Trinajstić information content (AvgIpc) is 3.46. The van der Waals surface area contributed by atoms with Gasteiger partial charge in [-0.25, -0.2) is 4.98 Å². The summed E-state index contributed by atoms with van der Waals surface area (Å²) in [5.41, 5.74) is 2.04. The number of hydrogen-bond acceptors (Lipinski definition) is 6. The van der Waals surface area contributed by atoms with E-state index in [1.54, 1.807) is 46.2 Å². The molecule has 1 aliphatic rings. The first-order valence-electron chi connectivity index (χ1n) is 9.92. The summed E-state index contributed by atoms with van der Waals surface area (Å²) in [6.07, 6.45) is 1.74. The van der Waals surface area contributed by atoms with Crippen LogP contribution in [0.15, 0.2) is 52.5 Å². The Bertz CT molecular complexity index is 1070. The number of nitrogens with one attached hydrogen (secondary N) is 1. The number of furan rings is 1. The van der Waals surface area contributed by atoms with Gasteiger partial charge in [0.2, 0.25) is 5.91 Å². The van der Waals surface area contributed by atoms with E-state index in [2.05, 4.69) is 10.3 Å². The summed E-state index contributed by atoms with van der Waals surface area (Å²) in [6.45, 7) is 3.89. The summed E-state index contributed by atoms with van der Waals surface area (Å²) < 4.78 is 5.06. The van der Waals surface area contributed by atoms with Crippen molar-refractivity contribution in [3.8, 4) is 0 Å². The smallest absolute Gasteiger partial charge is 0.291 e. The van der Waals surface area contributed by atoms with Crippen molar-refractivity contribution in [3.05, 3.63) is 70.1 Å². The maximum atomic E-state index is 12.8. The number of aromatic nitrogens is 1. The lowest BCUT2D eigenvalue weighted by atomic mass is 10.1. The summed E-state index contributed by atoms with van der Waals surface area (Å²) in [4.78, 5) is 45.2. The summed E-state index contributed by atoms with van der Waals surface area (Å²) in [6, 6.07) is 9.96. The third-order valence-corrected chi connectivity index (χ3v) is 5.99. The quantitative estimate of drug-likeness (QED) is 0.661. The Hall–Kier alpha value is -3.46. The Morgan fingerprint density at radius 1 is 1.06 bits per heavy atom. The highest BCUT2D eigenvalue weighted by atomic mass is 32.1. The lowest BCUT2D eigenvalue weighted by Crippen LogP contribution is -2.51. The number of anilines is 1. The third-order valence-electron chi connectivity index (χ3n) is 5.02. The molecule has 9 heteroatoms. The number of benzene rings is 1. The zero-order valence-electron chi connectivity index (χ0n) is 17.0. The molecule has 0 aliphatic carbocycles. The molecule has 3 heterocycles. The van der Waals surface area contributed by atoms with Crippen molar-refractivity contribution in [2.75, 3.05) is 31.5 Å². The summed E-state index contributed by atoms with van der Waals surface area (Å²) >= 11 is 1.49. The fourth-order valence-electron chi connectivity index (χ4n) is 3.36. The van der Waals surface area contributed by atoms with E-state index in [4.69, 9.17) is 4.42 Å². The number of piperazine rings is 1. The van der Waals surface area contributed by atoms with Crippen LogP contribution in [0.25, 0.3) is 0 Å². The number of rotatable bonds is 5. The van der Waals surface area contributed by atoms with Crippen molar-refractivity contribution in [2.45, 2.75) is 13.3 Å². The highest BCUT2D eigenvalue weighted by Crippen LogP contribution is 2.16. The Morgan fingerprint density at radius 3 is 2.39 bits per heavy atom. The molecule has 1 aliphatic heterocycles. The minimum atomic E-state index is -0.349. The highest BCUT2D eigenvalue weighted by molar-refractivity contribution is 7.09. The molecule has 0 spiro atoms. The number of nitrogens with zero attached hydrogens (tertiary/aromatic N) is 3. The predicted molar refractivity (Wildman–Crippen MR) is 116 cm³/mol. The molecule has 31 heavy (non-hydrogen) atoms. The van der Waals surface area contributed by atoms with Crippen LogP contribution >= 0.6 is 11.3 Å². The van der Waals surface area contributed by atoms with Crippen LogP contribution in [0.5, 0.6) is 0 Å². The number of aryl methyl sites for hydroxylation is 1. The second kappa shape index (κ2) is 9.13. The summed E-state index contributed by atoms with van der Waals surface area (Å²) in [7, 11) is 0. The minimum absolute atomic E-state index is 0.0399. The molecule has 8 nitrogen and oxygen atoms in total. The van der Waals surface area contributed by atoms with Crippen LogP contribution in [-0.2, 0) is 11.2 Å². The molecule has 160 valence electrons. The lowest BCUT2D eigenvalue weighted by molar-refractivity contribution is -0.131. The van der Waals surface area contributed by atoms with E-state index in [0.717, 1.165) is 10.7 Å². The van der Waals surface area contributed by atoms with Crippen LogP contribution in [0.2, 0.25) is 0 Å². The Labute approximate surface area is 183 Å². The maximum Gasteiger partial charge on any atom is 0.291 e. The standard InChI is InChI=1S/C22H22N4O4S/c1-15-14-31-19(23-15)13-20(27)25-8-10-26(11-9-25)22(29)16-4-6-17(7-5-16)24-21(28)18-3-2-12-30-18/h2-7,12,14H,8-11,13H2,1H3,(H,24,28). The van der Waals surface area contributed by atoms with E-state index in [1.165, 1.54) is 17.6 Å². The molecule has 3 aromatic rings. The monoisotopic (exact) mass is 438 g/mol. The van der Waals surface area contributed by atoms with Crippen LogP contribution in [0.1, 0.15) is 31.6 Å². The minimum Gasteiger partial charge on any atom is -0.459 e. The van der Waals surface area contributed by atoms with Gasteiger partial charge in [-0.15, -0.1) is 11.3 Å². The van der Waals surface area contributed by atoms with Crippen LogP contribution < -0.4 is 5.32 Å². The molecule has 0 radical (unpaired) electrons. The molecule has 4 rings (SSSR count). The van der Waals surface area contributed by atoms with E-state index in [0.29, 0.717) is 43.9 Å². The molecule has 0 saturated carbocycles. The number of carbonyl (C=O) groups is 3. The topological polar surface area (TPSA) is 95.8 Å². The third kappa shape index (κ3) is 5.00. The normalized spacial score (nSPS) is 13.8. The fraction of sp³-hybridized carbons (Fsp3) is 0.273. The molecule has 1 fully saturated rings. The van der Waals surface area contributed by atoms with E-state index >= 15 is 0 Å². The van der Waals surface area contributed by atoms with Crippen LogP contribution in [0.4, 0.5) is 5.69 Å². The van der Waals surface area contributed by atoms with Gasteiger partial charge in [-0.05, 0) is 43.3 Å². The second-order valence-corrected chi connectivity index (χ2v) is 8.18. The van der Waals surface area contributed by atoms with Gasteiger partial charge in [0, 0.05) is 48.5 Å². The van der Waals surface area contributed by atoms with Gasteiger partial charge in [0.15, 0.2) is 5.76 Å². The molecule has 3 amide bonds. The van der Waals surface area contributed by atoms with Gasteiger partial charge in [0.25, 0.3) is 11.8 Å². The zero-order valence-corrected chi connectivity index (χ0v) is 17.9. The van der Waals surface area contributed by atoms with Crippen molar-refractivity contribution in [1.29, 1.82) is 0 Å². The Morgan fingerprint density at radius 2 is 1.77 bits per heavy atom. The Balaban J connectivity index is 1.29. The van der Waals surface area contributed by atoms with Gasteiger partial charge < -0.3 is 19.5 Å². The van der Waals surface area contributed by atoms with Gasteiger partial charge in [0.1, 0.15) is 5.01 Å². The van der Waals surface area contributed by atoms with Gasteiger partial charge in [-0.1, -0.05) is 0 Å². The largest absolute Gasteiger partial charge is 0.459 e. The first-order valence-corrected chi connectivity index (χ1v) is 10.8. The molecular formula is C22H22N4O4S. The van der Waals surface area contributed by atoms with Gasteiger partial charge in [-0.2, -0.15) is 0 Å². The van der Waals surface area contributed by atoms with Crippen molar-refractivity contribution in [1.82, 2.24) is 14.8 Å². The molecule has 0 atom stereocenters. The molecule has 0 unspecified atom stereocenters. The van der Waals surface area contributed by atoms with Crippen LogP contribution in [0, 0.1) is 6.92 Å². The zero-order chi connectivity index (χ0) is 21.8. The fourth-order valence-corrected chi connectivity index (χ4v) is 4.13. The SMILES string of the molecule is Cc1csc(CC(=O)N2CCN(C(=O)c3ccc(NC(=O)c4ccco4)cc3)CC2)n1. The van der Waals surface area contributed by atoms with Crippen molar-refractivity contribution >= 4 is 34.7 Å². The van der Waals surface area contributed by atoms with Crippen molar-refractivity contribution in [2.24, 2.45) is 0 Å². The van der Waals surface area contributed by atoms with E-state index in [9.17, 15) is 14.4 Å². The van der Waals surface area contributed by atoms with Crippen LogP contribution in [-0.4, -0.2) is 58.7 Å². The number of hydrogen-bond donors (Lipinski definition) is 1. The predicted octanol–water partition coefficient (Wildman–Crippen LogP) is 2.82. The van der Waals surface area contributed by atoms with Crippen molar-refractivity contribution in [3.63, 3.8) is 0 Å². The summed E-state index contributed by atoms with van der Waals surface area (Å²) in [5.74, 6) is -0.181. The average molecular weight is 439 g/mol. The molecule has 1 N–H and O–H groups in total. The van der Waals surface area contributed by atoms with Gasteiger partial charge in [0.05, 0.1) is 12.7 Å². The maximum absolute atomic E-state index is 12.8. The van der Waals surface area contributed by atoms with Crippen LogP contribution in [0.3, 0.4) is 0 Å². The Kier molecular flexibility index (Phi) is 6.13. The molecule has 1 saturated heterocycles. The number of amides is 3. The van der Waals surface area contributed by atoms with E-state index < -0.39 is 0 Å². The molecule has 0 bridgehead atoms. The highest BCUT2D eigenvalue weighted by Gasteiger charge is 2.25. The molecular weight excluding hydrogens is 416 g/mol. The lowest BCUT2D eigenvalue weighted by Gasteiger charge is -2.34. The first kappa shape index (κ1) is 20.8. The van der Waals surface area contributed by atoms with E-state index in [1.807, 2.05) is 12.3 Å². The van der Waals surface area contributed by atoms with Crippen molar-refractivity contribution < 1.29 is 18.8 Å². The number of thiazole rings is 1. The second-order valence-electron chi connectivity index (χ2n) is 7.24. The number of carbonyl (C=O) groups excluding carboxylic acids is 3. The first-order chi connectivity index (χ1) is 15.0. The van der Waals surface area contributed by atoms with Gasteiger partial charge >= 0.3 is 0 Å². The van der Waals surface area contributed by atoms with Gasteiger partial charge in [-0.3, -0.25) is 14.4 Å².